The van der Waals surface area contributed by atoms with Crippen LogP contribution in [0.1, 0.15) is 110 Å². The average Bonchev–Trinajstić information content (AvgIpc) is 2.99. The Morgan fingerprint density at radius 1 is 0.696 bits per heavy atom. The molecule has 1 aliphatic carbocycles. The molecule has 16 nitrogen and oxygen atoms in total. The summed E-state index contributed by atoms with van der Waals surface area (Å²) in [5, 5.41) is 49.6. The Kier molecular flexibility index (Phi) is 22.4. The van der Waals surface area contributed by atoms with E-state index in [0.717, 1.165) is 25.7 Å². The highest BCUT2D eigenvalue weighted by molar-refractivity contribution is 7.47. The summed E-state index contributed by atoms with van der Waals surface area (Å²) in [5.74, 6) is -0.547. The summed E-state index contributed by atoms with van der Waals surface area (Å²) in [7, 11) is -10.4. The van der Waals surface area contributed by atoms with Crippen molar-refractivity contribution < 1.29 is 77.2 Å². The van der Waals surface area contributed by atoms with Crippen LogP contribution in [0.25, 0.3) is 0 Å². The van der Waals surface area contributed by atoms with E-state index in [4.69, 9.17) is 33.4 Å². The highest BCUT2D eigenvalue weighted by Crippen LogP contribution is 2.48. The first kappa shape index (κ1) is 43.5. The van der Waals surface area contributed by atoms with Gasteiger partial charge < -0.3 is 49.7 Å². The van der Waals surface area contributed by atoms with Gasteiger partial charge in [-0.3, -0.25) is 18.4 Å². The molecule has 0 aromatic carbocycles. The molecule has 0 radical (unpaired) electrons. The standard InChI is InChI=1S/C28H56O16P2/c1-2-3-4-5-6-7-8-9-10-11-12-13-14-17-22(30)42-21(16-15-18-40-20-29)19-41-46(38,39)44-28-25(33)23(31)27(24(32)26(28)34)43-45(35,36)37/h21,23-29,31-34H,2-20H2,1H3,(H,38,39)(H2,35,36,37)/t21-,23-,24?,25?,26-,27?,28?/m0/s1. The molecule has 0 aromatic heterocycles. The van der Waals surface area contributed by atoms with Gasteiger partial charge in [-0.2, -0.15) is 0 Å². The minimum Gasteiger partial charge on any atom is -0.460 e. The predicted molar refractivity (Wildman–Crippen MR) is 164 cm³/mol. The molecule has 1 saturated carbocycles. The lowest BCUT2D eigenvalue weighted by Gasteiger charge is -2.43. The summed E-state index contributed by atoms with van der Waals surface area (Å²) in [6, 6.07) is 0. The lowest BCUT2D eigenvalue weighted by atomic mass is 9.85. The first-order valence-corrected chi connectivity index (χ1v) is 19.2. The number of aliphatic hydroxyl groups is 5. The molecule has 274 valence electrons. The Morgan fingerprint density at radius 3 is 1.61 bits per heavy atom. The van der Waals surface area contributed by atoms with Gasteiger partial charge in [0, 0.05) is 13.0 Å². The Morgan fingerprint density at radius 2 is 1.15 bits per heavy atom. The smallest absolute Gasteiger partial charge is 0.460 e. The molecular weight excluding hydrogens is 654 g/mol. The molecule has 8 N–H and O–H groups in total. The number of hydrogen-bond acceptors (Lipinski definition) is 13. The van der Waals surface area contributed by atoms with E-state index in [9.17, 15) is 39.2 Å². The molecule has 18 heteroatoms. The number of rotatable bonds is 27. The summed E-state index contributed by atoms with van der Waals surface area (Å²) in [4.78, 5) is 40.6. The number of unbranched alkanes of at least 4 members (excludes halogenated alkanes) is 12. The van der Waals surface area contributed by atoms with Crippen molar-refractivity contribution in [1.29, 1.82) is 0 Å². The van der Waals surface area contributed by atoms with E-state index in [0.29, 0.717) is 6.42 Å². The van der Waals surface area contributed by atoms with Gasteiger partial charge in [-0.05, 0) is 19.3 Å². The van der Waals surface area contributed by atoms with Gasteiger partial charge in [0.15, 0.2) is 0 Å². The number of carbonyl (C=O) groups is 1. The fourth-order valence-corrected chi connectivity index (χ4v) is 6.68. The maximum absolute atomic E-state index is 12.6. The van der Waals surface area contributed by atoms with Crippen molar-refractivity contribution in [1.82, 2.24) is 0 Å². The fourth-order valence-electron chi connectivity index (χ4n) is 5.14. The lowest BCUT2D eigenvalue weighted by molar-refractivity contribution is -0.216. The van der Waals surface area contributed by atoms with Crippen LogP contribution in [0, 0.1) is 0 Å². The Labute approximate surface area is 271 Å². The molecule has 46 heavy (non-hydrogen) atoms. The summed E-state index contributed by atoms with van der Waals surface area (Å²) in [6.07, 6.45) is 1.22. The van der Waals surface area contributed by atoms with Crippen molar-refractivity contribution in [2.45, 2.75) is 152 Å². The van der Waals surface area contributed by atoms with E-state index in [-0.39, 0.29) is 25.9 Å². The monoisotopic (exact) mass is 710 g/mol. The SMILES string of the molecule is CCCCCCCCCCCCCCCC(=O)O[C@@H](CCCOCO)COP(=O)(O)OC1C(O)[C@H](O)C(OP(=O)(O)O)C(O)[C@@H]1O. The van der Waals surface area contributed by atoms with Crippen LogP contribution in [-0.4, -0.2) is 109 Å². The number of phosphoric ester groups is 2. The third-order valence-electron chi connectivity index (χ3n) is 7.67. The second kappa shape index (κ2) is 23.7. The summed E-state index contributed by atoms with van der Waals surface area (Å²) >= 11 is 0. The third kappa shape index (κ3) is 18.8. The van der Waals surface area contributed by atoms with Crippen LogP contribution in [0.15, 0.2) is 0 Å². The zero-order valence-electron chi connectivity index (χ0n) is 26.7. The maximum Gasteiger partial charge on any atom is 0.472 e. The molecular formula is C28H56O16P2. The normalized spacial score (nSPS) is 25.7. The first-order valence-electron chi connectivity index (χ1n) is 16.2. The van der Waals surface area contributed by atoms with Crippen molar-refractivity contribution in [3.8, 4) is 0 Å². The number of ether oxygens (including phenoxy) is 2. The van der Waals surface area contributed by atoms with E-state index in [1.54, 1.807) is 0 Å². The van der Waals surface area contributed by atoms with Gasteiger partial charge >= 0.3 is 21.6 Å². The van der Waals surface area contributed by atoms with Crippen molar-refractivity contribution >= 4 is 21.6 Å². The van der Waals surface area contributed by atoms with Crippen LogP contribution in [0.3, 0.4) is 0 Å². The highest BCUT2D eigenvalue weighted by Gasteiger charge is 2.54. The molecule has 0 bridgehead atoms. The third-order valence-corrected chi connectivity index (χ3v) is 9.18. The van der Waals surface area contributed by atoms with Crippen LogP contribution < -0.4 is 0 Å². The van der Waals surface area contributed by atoms with E-state index < -0.39 is 77.7 Å². The minimum absolute atomic E-state index is 0.102. The van der Waals surface area contributed by atoms with E-state index in [2.05, 4.69) is 11.4 Å². The van der Waals surface area contributed by atoms with Crippen LogP contribution in [-0.2, 0) is 37.0 Å². The summed E-state index contributed by atoms with van der Waals surface area (Å²) in [6.45, 7) is 1.14. The molecule has 0 aliphatic heterocycles. The Bertz CT molecular complexity index is 889. The topological polar surface area (TPSA) is 259 Å². The molecule has 1 aliphatic rings. The zero-order valence-corrected chi connectivity index (χ0v) is 28.5. The molecule has 8 atom stereocenters. The summed E-state index contributed by atoms with van der Waals surface area (Å²) < 4.78 is 48.0. The van der Waals surface area contributed by atoms with Gasteiger partial charge in [0.1, 0.15) is 49.5 Å². The minimum atomic E-state index is -5.27. The Balaban J connectivity index is 2.51. The maximum atomic E-state index is 12.6. The van der Waals surface area contributed by atoms with E-state index >= 15 is 0 Å². The molecule has 0 aromatic rings. The van der Waals surface area contributed by atoms with E-state index in [1.165, 1.54) is 51.4 Å². The number of carbonyl (C=O) groups excluding carboxylic acids is 1. The van der Waals surface area contributed by atoms with Gasteiger partial charge in [0.05, 0.1) is 6.61 Å². The average molecular weight is 711 g/mol. The second-order valence-corrected chi connectivity index (χ2v) is 14.2. The van der Waals surface area contributed by atoms with Crippen molar-refractivity contribution in [3.05, 3.63) is 0 Å². The number of phosphoric acid groups is 2. The number of esters is 1. The second-order valence-electron chi connectivity index (χ2n) is 11.6. The molecule has 1 fully saturated rings. The van der Waals surface area contributed by atoms with E-state index in [1.807, 2.05) is 0 Å². The van der Waals surface area contributed by atoms with Gasteiger partial charge in [0.25, 0.3) is 0 Å². The largest absolute Gasteiger partial charge is 0.472 e. The zero-order chi connectivity index (χ0) is 34.6. The van der Waals surface area contributed by atoms with Crippen LogP contribution in [0.4, 0.5) is 0 Å². The van der Waals surface area contributed by atoms with Crippen LogP contribution >= 0.6 is 15.6 Å². The molecule has 5 unspecified atom stereocenters. The quantitative estimate of drug-likeness (QED) is 0.0264. The van der Waals surface area contributed by atoms with Crippen molar-refractivity contribution in [3.63, 3.8) is 0 Å². The molecule has 0 saturated heterocycles. The highest BCUT2D eigenvalue weighted by atomic mass is 31.2. The molecule has 1 rings (SSSR count). The number of aliphatic hydroxyl groups excluding tert-OH is 5. The van der Waals surface area contributed by atoms with Crippen LogP contribution in [0.5, 0.6) is 0 Å². The molecule has 0 spiro atoms. The van der Waals surface area contributed by atoms with Crippen molar-refractivity contribution in [2.75, 3.05) is 20.0 Å². The summed E-state index contributed by atoms with van der Waals surface area (Å²) in [5.41, 5.74) is 0. The fraction of sp³-hybridized carbons (Fsp3) is 0.964. The first-order chi connectivity index (χ1) is 21.7. The lowest BCUT2D eigenvalue weighted by Crippen LogP contribution is -2.64. The van der Waals surface area contributed by atoms with Gasteiger partial charge in [-0.15, -0.1) is 0 Å². The predicted octanol–water partition coefficient (Wildman–Crippen LogP) is 2.56. The molecule has 0 heterocycles. The van der Waals surface area contributed by atoms with Gasteiger partial charge in [-0.1, -0.05) is 84.0 Å². The van der Waals surface area contributed by atoms with Crippen molar-refractivity contribution in [2.24, 2.45) is 0 Å². The number of hydrogen-bond donors (Lipinski definition) is 8. The van der Waals surface area contributed by atoms with Gasteiger partial charge in [0.2, 0.25) is 0 Å². The van der Waals surface area contributed by atoms with Gasteiger partial charge in [-0.25, -0.2) is 9.13 Å². The Hall–Kier alpha value is -0.550. The van der Waals surface area contributed by atoms with Crippen LogP contribution in [0.2, 0.25) is 0 Å². The molecule has 0 amide bonds.